The number of nitrogens with one attached hydrogen (secondary N) is 2. The van der Waals surface area contributed by atoms with E-state index >= 15 is 0 Å². The van der Waals surface area contributed by atoms with Crippen molar-refractivity contribution in [1.82, 2.24) is 5.32 Å². The summed E-state index contributed by atoms with van der Waals surface area (Å²) >= 11 is 5.22. The molecule has 6 heteroatoms. The summed E-state index contributed by atoms with van der Waals surface area (Å²) in [7, 11) is 0. The molecule has 1 aliphatic carbocycles. The van der Waals surface area contributed by atoms with Crippen LogP contribution < -0.4 is 10.6 Å². The van der Waals surface area contributed by atoms with Crippen molar-refractivity contribution in [2.75, 3.05) is 5.32 Å². The molecule has 2 aliphatic rings. The van der Waals surface area contributed by atoms with E-state index in [0.29, 0.717) is 11.7 Å². The van der Waals surface area contributed by atoms with Crippen molar-refractivity contribution in [3.63, 3.8) is 0 Å². The first-order valence-electron chi connectivity index (χ1n) is 9.16. The van der Waals surface area contributed by atoms with E-state index in [0.717, 1.165) is 45.6 Å². The monoisotopic (exact) mass is 442 g/mol. The molecular formula is C21H19BrN2O2S. The topological polar surface area (TPSA) is 54.3 Å². The van der Waals surface area contributed by atoms with E-state index in [-0.39, 0.29) is 12.1 Å². The van der Waals surface area contributed by atoms with E-state index in [2.05, 4.69) is 33.5 Å². The SMILES string of the molecule is C[C@@H]1CCc2c(sc3c2C(=O)N[C@@H](c2ccc(-c4cccc(Br)c4)o2)N3)C1. The summed E-state index contributed by atoms with van der Waals surface area (Å²) in [6.45, 7) is 2.28. The third-order valence-electron chi connectivity index (χ3n) is 5.31. The van der Waals surface area contributed by atoms with Crippen molar-refractivity contribution in [3.05, 3.63) is 62.6 Å². The van der Waals surface area contributed by atoms with Crippen molar-refractivity contribution >= 4 is 38.2 Å². The zero-order valence-electron chi connectivity index (χ0n) is 14.8. The molecule has 0 radical (unpaired) electrons. The number of anilines is 1. The van der Waals surface area contributed by atoms with Gasteiger partial charge in [0.2, 0.25) is 0 Å². The molecule has 1 aromatic carbocycles. The van der Waals surface area contributed by atoms with Crippen LogP contribution in [0.4, 0.5) is 5.00 Å². The summed E-state index contributed by atoms with van der Waals surface area (Å²) in [5, 5.41) is 7.52. The quantitative estimate of drug-likeness (QED) is 0.530. The fraction of sp³-hybridized carbons (Fsp3) is 0.286. The number of hydrogen-bond donors (Lipinski definition) is 2. The highest BCUT2D eigenvalue weighted by Crippen LogP contribution is 2.42. The van der Waals surface area contributed by atoms with Gasteiger partial charge < -0.3 is 15.1 Å². The van der Waals surface area contributed by atoms with Crippen molar-refractivity contribution in [1.29, 1.82) is 0 Å². The number of fused-ring (bicyclic) bond motifs is 3. The van der Waals surface area contributed by atoms with Crippen molar-refractivity contribution < 1.29 is 9.21 Å². The molecule has 0 saturated heterocycles. The second-order valence-electron chi connectivity index (χ2n) is 7.32. The number of benzene rings is 1. The summed E-state index contributed by atoms with van der Waals surface area (Å²) in [5.41, 5.74) is 3.08. The Kier molecular flexibility index (Phi) is 4.13. The minimum atomic E-state index is -0.344. The molecule has 2 atom stereocenters. The van der Waals surface area contributed by atoms with Crippen LogP contribution in [0.3, 0.4) is 0 Å². The van der Waals surface area contributed by atoms with E-state index in [1.165, 1.54) is 10.4 Å². The number of hydrogen-bond acceptors (Lipinski definition) is 4. The largest absolute Gasteiger partial charge is 0.457 e. The lowest BCUT2D eigenvalue weighted by Gasteiger charge is -2.25. The molecule has 0 unspecified atom stereocenters. The van der Waals surface area contributed by atoms with Gasteiger partial charge in [-0.15, -0.1) is 11.3 Å². The lowest BCUT2D eigenvalue weighted by Crippen LogP contribution is -2.38. The molecule has 138 valence electrons. The molecule has 27 heavy (non-hydrogen) atoms. The Hall–Kier alpha value is -2.05. The van der Waals surface area contributed by atoms with Gasteiger partial charge in [0.1, 0.15) is 16.5 Å². The van der Waals surface area contributed by atoms with Crippen LogP contribution in [0.2, 0.25) is 0 Å². The van der Waals surface area contributed by atoms with Crippen LogP contribution in [0.25, 0.3) is 11.3 Å². The van der Waals surface area contributed by atoms with E-state index < -0.39 is 0 Å². The van der Waals surface area contributed by atoms with Crippen molar-refractivity contribution in [3.8, 4) is 11.3 Å². The number of amides is 1. The molecule has 5 rings (SSSR count). The van der Waals surface area contributed by atoms with Crippen molar-refractivity contribution in [2.45, 2.75) is 32.4 Å². The predicted octanol–water partition coefficient (Wildman–Crippen LogP) is 5.75. The molecule has 3 aromatic rings. The van der Waals surface area contributed by atoms with Gasteiger partial charge in [0.25, 0.3) is 5.91 Å². The zero-order chi connectivity index (χ0) is 18.5. The van der Waals surface area contributed by atoms with Crippen LogP contribution in [0.15, 0.2) is 45.3 Å². The van der Waals surface area contributed by atoms with Gasteiger partial charge in [-0.3, -0.25) is 4.79 Å². The van der Waals surface area contributed by atoms with Crippen LogP contribution in [0.1, 0.15) is 46.1 Å². The third kappa shape index (κ3) is 3.01. The molecule has 2 aromatic heterocycles. The van der Waals surface area contributed by atoms with Gasteiger partial charge in [0.15, 0.2) is 6.17 Å². The molecule has 0 saturated carbocycles. The van der Waals surface area contributed by atoms with E-state index in [1.54, 1.807) is 11.3 Å². The summed E-state index contributed by atoms with van der Waals surface area (Å²) in [5.74, 6) is 2.19. The smallest absolute Gasteiger partial charge is 0.256 e. The summed E-state index contributed by atoms with van der Waals surface area (Å²) < 4.78 is 7.06. The fourth-order valence-corrected chi connectivity index (χ4v) is 5.75. The second kappa shape index (κ2) is 6.53. The van der Waals surface area contributed by atoms with Gasteiger partial charge in [-0.1, -0.05) is 35.0 Å². The number of carbonyl (C=O) groups is 1. The second-order valence-corrected chi connectivity index (χ2v) is 9.34. The molecule has 1 amide bonds. The third-order valence-corrected chi connectivity index (χ3v) is 6.99. The number of rotatable bonds is 2. The van der Waals surface area contributed by atoms with Crippen LogP contribution in [-0.2, 0) is 12.8 Å². The van der Waals surface area contributed by atoms with Gasteiger partial charge >= 0.3 is 0 Å². The molecule has 0 spiro atoms. The minimum absolute atomic E-state index is 0.00112. The van der Waals surface area contributed by atoms with E-state index in [9.17, 15) is 4.79 Å². The molecule has 3 heterocycles. The maximum atomic E-state index is 12.8. The van der Waals surface area contributed by atoms with E-state index in [1.807, 2.05) is 36.4 Å². The van der Waals surface area contributed by atoms with Crippen molar-refractivity contribution in [2.24, 2.45) is 5.92 Å². The number of thiophene rings is 1. The Morgan fingerprint density at radius 1 is 1.22 bits per heavy atom. The molecule has 0 fully saturated rings. The van der Waals surface area contributed by atoms with Crippen LogP contribution in [-0.4, -0.2) is 5.91 Å². The predicted molar refractivity (Wildman–Crippen MR) is 111 cm³/mol. The van der Waals surface area contributed by atoms with Crippen LogP contribution >= 0.6 is 27.3 Å². The molecular weight excluding hydrogens is 424 g/mol. The lowest BCUT2D eigenvalue weighted by atomic mass is 9.88. The zero-order valence-corrected chi connectivity index (χ0v) is 17.2. The Balaban J connectivity index is 1.45. The first kappa shape index (κ1) is 17.1. The Morgan fingerprint density at radius 3 is 2.96 bits per heavy atom. The summed E-state index contributed by atoms with van der Waals surface area (Å²) in [6, 6.07) is 11.9. The maximum Gasteiger partial charge on any atom is 0.256 e. The average Bonchev–Trinajstić information content (AvgIpc) is 3.26. The standard InChI is InChI=1S/C21H19BrN2O2S/c1-11-5-6-14-17(9-11)27-21-18(14)20(25)23-19(24-21)16-8-7-15(26-16)12-3-2-4-13(22)10-12/h2-4,7-8,10-11,19,24H,5-6,9H2,1H3,(H,23,25)/t11-,19-/m1/s1. The number of furan rings is 1. The highest BCUT2D eigenvalue weighted by atomic mass is 79.9. The number of carbonyl (C=O) groups excluding carboxylic acids is 1. The van der Waals surface area contributed by atoms with Gasteiger partial charge in [-0.2, -0.15) is 0 Å². The molecule has 2 N–H and O–H groups in total. The van der Waals surface area contributed by atoms with Gasteiger partial charge in [-0.05, 0) is 55.0 Å². The van der Waals surface area contributed by atoms with Gasteiger partial charge in [-0.25, -0.2) is 0 Å². The Bertz CT molecular complexity index is 1040. The first-order valence-corrected chi connectivity index (χ1v) is 10.8. The minimum Gasteiger partial charge on any atom is -0.457 e. The summed E-state index contributed by atoms with van der Waals surface area (Å²) in [4.78, 5) is 14.2. The van der Waals surface area contributed by atoms with Gasteiger partial charge in [0, 0.05) is 14.9 Å². The maximum absolute atomic E-state index is 12.8. The average molecular weight is 443 g/mol. The normalized spacial score (nSPS) is 21.2. The molecule has 1 aliphatic heterocycles. The van der Waals surface area contributed by atoms with Gasteiger partial charge in [0.05, 0.1) is 5.56 Å². The Labute approximate surface area is 170 Å². The summed E-state index contributed by atoms with van der Waals surface area (Å²) in [6.07, 6.45) is 2.88. The highest BCUT2D eigenvalue weighted by Gasteiger charge is 2.34. The first-order chi connectivity index (χ1) is 13.1. The Morgan fingerprint density at radius 2 is 2.11 bits per heavy atom. The highest BCUT2D eigenvalue weighted by molar-refractivity contribution is 9.10. The molecule has 4 nitrogen and oxygen atoms in total. The fourth-order valence-electron chi connectivity index (χ4n) is 3.91. The number of halogens is 1. The molecule has 0 bridgehead atoms. The lowest BCUT2D eigenvalue weighted by molar-refractivity contribution is 0.0930. The van der Waals surface area contributed by atoms with Crippen LogP contribution in [0.5, 0.6) is 0 Å². The van der Waals surface area contributed by atoms with Crippen LogP contribution in [0, 0.1) is 5.92 Å². The van der Waals surface area contributed by atoms with E-state index in [4.69, 9.17) is 4.42 Å².